The lowest BCUT2D eigenvalue weighted by Crippen LogP contribution is -2.13. The van der Waals surface area contributed by atoms with Gasteiger partial charge >= 0.3 is 5.97 Å². The van der Waals surface area contributed by atoms with Gasteiger partial charge in [0.2, 0.25) is 0 Å². The molecule has 0 radical (unpaired) electrons. The highest BCUT2D eigenvalue weighted by Gasteiger charge is 2.24. The molecule has 35 heavy (non-hydrogen) atoms. The van der Waals surface area contributed by atoms with Crippen LogP contribution in [0.25, 0.3) is 17.3 Å². The molecule has 2 N–H and O–H groups in total. The Morgan fingerprint density at radius 2 is 1.97 bits per heavy atom. The lowest BCUT2D eigenvalue weighted by Gasteiger charge is -2.16. The molecule has 8 heteroatoms. The molecule has 4 rings (SSSR count). The highest BCUT2D eigenvalue weighted by Crippen LogP contribution is 2.39. The first-order valence-corrected chi connectivity index (χ1v) is 11.9. The maximum absolute atomic E-state index is 14.5. The van der Waals surface area contributed by atoms with E-state index in [1.165, 1.54) is 18.3 Å². The van der Waals surface area contributed by atoms with Gasteiger partial charge in [-0.3, -0.25) is 10.1 Å². The van der Waals surface area contributed by atoms with Crippen LogP contribution in [0.3, 0.4) is 0 Å². The standard InChI is InChI=1S/C27H22F2N2O3S/c1-3-4-5-7-16-8-6-9-19-18(16)10-11-23-24(19)30-27(35-23)31-25(32)17-13-21(28)20(22(29)14-17)12-15(2)26(33)34/h6,8-9,12-14H,3-4,10-11H2,1-2H3,(H,33,34)(H,30,31,32)/b15-12+. The number of hydrogen-bond acceptors (Lipinski definition) is 4. The zero-order chi connectivity index (χ0) is 25.1. The molecule has 0 bridgehead atoms. The second-order valence-corrected chi connectivity index (χ2v) is 9.20. The Labute approximate surface area is 205 Å². The number of carbonyl (C=O) groups is 2. The van der Waals surface area contributed by atoms with E-state index < -0.39 is 29.1 Å². The van der Waals surface area contributed by atoms with Gasteiger partial charge in [0, 0.05) is 39.1 Å². The molecule has 3 aromatic rings. The van der Waals surface area contributed by atoms with Crippen molar-refractivity contribution >= 4 is 34.4 Å². The average Bonchev–Trinajstić information content (AvgIpc) is 3.24. The number of unbranched alkanes of at least 4 members (excludes halogenated alkanes) is 1. The monoisotopic (exact) mass is 492 g/mol. The van der Waals surface area contributed by atoms with Gasteiger partial charge in [0.15, 0.2) is 5.13 Å². The van der Waals surface area contributed by atoms with E-state index in [2.05, 4.69) is 29.1 Å². The number of amides is 1. The number of thiazole rings is 1. The molecule has 0 unspecified atom stereocenters. The van der Waals surface area contributed by atoms with Crippen molar-refractivity contribution in [3.05, 3.63) is 74.7 Å². The lowest BCUT2D eigenvalue weighted by molar-refractivity contribution is -0.132. The number of carbonyl (C=O) groups excluding carboxylic acids is 1. The summed E-state index contributed by atoms with van der Waals surface area (Å²) in [7, 11) is 0. The summed E-state index contributed by atoms with van der Waals surface area (Å²) in [5, 5.41) is 11.9. The molecule has 178 valence electrons. The lowest BCUT2D eigenvalue weighted by atomic mass is 9.90. The minimum Gasteiger partial charge on any atom is -0.478 e. The zero-order valence-electron chi connectivity index (χ0n) is 19.2. The normalized spacial score (nSPS) is 12.3. The Morgan fingerprint density at radius 1 is 1.23 bits per heavy atom. The van der Waals surface area contributed by atoms with Crippen molar-refractivity contribution in [3.8, 4) is 23.1 Å². The molecule has 1 aliphatic carbocycles. The number of halogens is 2. The Morgan fingerprint density at radius 3 is 2.66 bits per heavy atom. The minimum absolute atomic E-state index is 0.229. The number of rotatable bonds is 5. The summed E-state index contributed by atoms with van der Waals surface area (Å²) < 4.78 is 28.9. The smallest absolute Gasteiger partial charge is 0.331 e. The Balaban J connectivity index is 1.59. The van der Waals surface area contributed by atoms with Crippen molar-refractivity contribution in [2.45, 2.75) is 39.5 Å². The van der Waals surface area contributed by atoms with Gasteiger partial charge in [-0.25, -0.2) is 18.6 Å². The molecule has 1 amide bonds. The van der Waals surface area contributed by atoms with Gasteiger partial charge in [-0.2, -0.15) is 0 Å². The van der Waals surface area contributed by atoms with E-state index in [9.17, 15) is 18.4 Å². The number of carboxylic acids is 1. The topological polar surface area (TPSA) is 79.3 Å². The van der Waals surface area contributed by atoms with E-state index >= 15 is 0 Å². The number of nitrogens with zero attached hydrogens (tertiary/aromatic N) is 1. The van der Waals surface area contributed by atoms with Crippen LogP contribution < -0.4 is 5.32 Å². The van der Waals surface area contributed by atoms with Crippen LogP contribution in [0.1, 0.15) is 58.6 Å². The Bertz CT molecular complexity index is 1410. The first-order chi connectivity index (χ1) is 16.8. The molecular weight excluding hydrogens is 470 g/mol. The van der Waals surface area contributed by atoms with Crippen molar-refractivity contribution < 1.29 is 23.5 Å². The number of benzene rings is 2. The number of hydrogen-bond donors (Lipinski definition) is 2. The zero-order valence-corrected chi connectivity index (χ0v) is 20.0. The Hall–Kier alpha value is -3.83. The molecule has 0 aliphatic heterocycles. The van der Waals surface area contributed by atoms with Crippen LogP contribution in [0.15, 0.2) is 35.9 Å². The third-order valence-electron chi connectivity index (χ3n) is 5.59. The first-order valence-electron chi connectivity index (χ1n) is 11.1. The third-order valence-corrected chi connectivity index (χ3v) is 6.62. The van der Waals surface area contributed by atoms with Crippen molar-refractivity contribution in [3.63, 3.8) is 0 Å². The molecular formula is C27H22F2N2O3S. The van der Waals surface area contributed by atoms with E-state index in [4.69, 9.17) is 5.11 Å². The minimum atomic E-state index is -1.29. The van der Waals surface area contributed by atoms with E-state index in [1.807, 2.05) is 18.2 Å². The Kier molecular flexibility index (Phi) is 7.08. The van der Waals surface area contributed by atoms with E-state index in [-0.39, 0.29) is 11.1 Å². The second kappa shape index (κ2) is 10.2. The molecule has 0 saturated heterocycles. The maximum atomic E-state index is 14.5. The number of anilines is 1. The molecule has 1 aromatic heterocycles. The number of aliphatic carboxylic acids is 1. The predicted octanol–water partition coefficient (Wildman–Crippen LogP) is 6.08. The van der Waals surface area contributed by atoms with Gasteiger partial charge in [0.1, 0.15) is 11.6 Å². The molecule has 0 atom stereocenters. The molecule has 1 aliphatic rings. The second-order valence-electron chi connectivity index (χ2n) is 8.11. The van der Waals surface area contributed by atoms with Gasteiger partial charge in [-0.1, -0.05) is 30.9 Å². The summed E-state index contributed by atoms with van der Waals surface area (Å²) in [5.41, 5.74) is 2.91. The third kappa shape index (κ3) is 5.15. The maximum Gasteiger partial charge on any atom is 0.331 e. The quantitative estimate of drug-likeness (QED) is 0.334. The van der Waals surface area contributed by atoms with Crippen molar-refractivity contribution in [2.75, 3.05) is 5.32 Å². The predicted molar refractivity (Wildman–Crippen MR) is 132 cm³/mol. The number of fused-ring (bicyclic) bond motifs is 3. The van der Waals surface area contributed by atoms with E-state index in [1.54, 1.807) is 0 Å². The fourth-order valence-electron chi connectivity index (χ4n) is 3.80. The number of aryl methyl sites for hydroxylation is 1. The van der Waals surface area contributed by atoms with Crippen molar-refractivity contribution in [2.24, 2.45) is 0 Å². The van der Waals surface area contributed by atoms with E-state index in [0.717, 1.165) is 71.2 Å². The molecule has 1 heterocycles. The van der Waals surface area contributed by atoms with Gasteiger partial charge in [0.25, 0.3) is 5.91 Å². The molecule has 0 saturated carbocycles. The van der Waals surface area contributed by atoms with Gasteiger partial charge in [-0.05, 0) is 56.0 Å². The van der Waals surface area contributed by atoms with Gasteiger partial charge in [-0.15, -0.1) is 11.3 Å². The number of carboxylic acid groups (broad SMARTS) is 1. The molecule has 2 aromatic carbocycles. The summed E-state index contributed by atoms with van der Waals surface area (Å²) in [6, 6.07) is 7.68. The SMILES string of the molecule is CCCC#Cc1cccc2c1CCc1sc(NC(=O)c3cc(F)c(/C=C(\C)C(=O)O)c(F)c3)nc1-2. The summed E-state index contributed by atoms with van der Waals surface area (Å²) in [5.74, 6) is 2.37. The summed E-state index contributed by atoms with van der Waals surface area (Å²) in [6.07, 6.45) is 4.30. The highest BCUT2D eigenvalue weighted by atomic mass is 32.1. The van der Waals surface area contributed by atoms with Crippen LogP contribution in [0.5, 0.6) is 0 Å². The van der Waals surface area contributed by atoms with Gasteiger partial charge < -0.3 is 5.11 Å². The first kappa shape index (κ1) is 24.3. The number of nitrogens with one attached hydrogen (secondary N) is 1. The van der Waals surface area contributed by atoms with Crippen LogP contribution in [0.4, 0.5) is 13.9 Å². The van der Waals surface area contributed by atoms with Crippen LogP contribution in [-0.2, 0) is 17.6 Å². The summed E-state index contributed by atoms with van der Waals surface area (Å²) >= 11 is 1.33. The molecule has 5 nitrogen and oxygen atoms in total. The highest BCUT2D eigenvalue weighted by molar-refractivity contribution is 7.16. The summed E-state index contributed by atoms with van der Waals surface area (Å²) in [4.78, 5) is 29.3. The fraction of sp³-hybridized carbons (Fsp3) is 0.222. The van der Waals surface area contributed by atoms with Crippen molar-refractivity contribution in [1.82, 2.24) is 4.98 Å². The van der Waals surface area contributed by atoms with Crippen molar-refractivity contribution in [1.29, 1.82) is 0 Å². The average molecular weight is 493 g/mol. The largest absolute Gasteiger partial charge is 0.478 e. The summed E-state index contributed by atoms with van der Waals surface area (Å²) in [6.45, 7) is 3.31. The van der Waals surface area contributed by atoms with Crippen LogP contribution in [0, 0.1) is 23.5 Å². The number of aromatic nitrogens is 1. The van der Waals surface area contributed by atoms with Crippen LogP contribution in [0.2, 0.25) is 0 Å². The van der Waals surface area contributed by atoms with Gasteiger partial charge in [0.05, 0.1) is 5.69 Å². The molecule has 0 spiro atoms. The van der Waals surface area contributed by atoms with Crippen LogP contribution in [-0.4, -0.2) is 22.0 Å². The fourth-order valence-corrected chi connectivity index (χ4v) is 4.77. The van der Waals surface area contributed by atoms with Crippen LogP contribution >= 0.6 is 11.3 Å². The molecule has 0 fully saturated rings. The van der Waals surface area contributed by atoms with E-state index in [0.29, 0.717) is 5.13 Å².